The Morgan fingerprint density at radius 2 is 2.09 bits per heavy atom. The molecule has 2 rings (SSSR count). The summed E-state index contributed by atoms with van der Waals surface area (Å²) in [6.07, 6.45) is 0.808. The summed E-state index contributed by atoms with van der Waals surface area (Å²) in [5, 5.41) is 19.2. The van der Waals surface area contributed by atoms with Gasteiger partial charge in [-0.15, -0.1) is 0 Å². The van der Waals surface area contributed by atoms with E-state index in [1.54, 1.807) is 19.2 Å². The number of methoxy groups -OCH3 is 1. The van der Waals surface area contributed by atoms with Crippen molar-refractivity contribution in [3.63, 3.8) is 0 Å². The zero-order chi connectivity index (χ0) is 16.1. The lowest BCUT2D eigenvalue weighted by Crippen LogP contribution is -2.55. The zero-order valence-corrected chi connectivity index (χ0v) is 13.8. The highest BCUT2D eigenvalue weighted by molar-refractivity contribution is 5.41. The van der Waals surface area contributed by atoms with E-state index in [0.717, 1.165) is 38.2 Å². The van der Waals surface area contributed by atoms with E-state index in [1.807, 2.05) is 6.07 Å². The third-order valence-corrected chi connectivity index (χ3v) is 4.39. The lowest BCUT2D eigenvalue weighted by Gasteiger charge is -2.43. The number of phenols is 1. The topological polar surface area (TPSA) is 56.2 Å². The van der Waals surface area contributed by atoms with Crippen LogP contribution in [0.25, 0.3) is 0 Å². The van der Waals surface area contributed by atoms with Crippen molar-refractivity contribution in [2.24, 2.45) is 0 Å². The smallest absolute Gasteiger partial charge is 0.160 e. The highest BCUT2D eigenvalue weighted by Gasteiger charge is 2.28. The number of aliphatic hydroxyl groups excluding tert-OH is 1. The molecule has 124 valence electrons. The molecule has 1 aromatic rings. The van der Waals surface area contributed by atoms with E-state index < -0.39 is 0 Å². The van der Waals surface area contributed by atoms with E-state index in [-0.39, 0.29) is 12.4 Å². The fourth-order valence-corrected chi connectivity index (χ4v) is 3.26. The van der Waals surface area contributed by atoms with Gasteiger partial charge in [0.15, 0.2) is 11.5 Å². The van der Waals surface area contributed by atoms with Crippen molar-refractivity contribution in [3.05, 3.63) is 23.8 Å². The van der Waals surface area contributed by atoms with Gasteiger partial charge in [0.2, 0.25) is 0 Å². The summed E-state index contributed by atoms with van der Waals surface area (Å²) in [5.74, 6) is 0.694. The van der Waals surface area contributed by atoms with Gasteiger partial charge in [0.1, 0.15) is 0 Å². The number of hydrogen-bond donors (Lipinski definition) is 2. The van der Waals surface area contributed by atoms with E-state index in [9.17, 15) is 10.2 Å². The first-order chi connectivity index (χ1) is 10.5. The normalized spacial score (nSPS) is 20.5. The van der Waals surface area contributed by atoms with Gasteiger partial charge in [0.05, 0.1) is 7.11 Å². The van der Waals surface area contributed by atoms with Gasteiger partial charge in [-0.2, -0.15) is 0 Å². The molecule has 0 saturated carbocycles. The average Bonchev–Trinajstić information content (AvgIpc) is 2.48. The number of rotatable bonds is 6. The van der Waals surface area contributed by atoms with Crippen molar-refractivity contribution in [2.75, 3.05) is 33.4 Å². The number of benzene rings is 1. The zero-order valence-electron chi connectivity index (χ0n) is 13.8. The summed E-state index contributed by atoms with van der Waals surface area (Å²) in [6, 6.07) is 6.47. The number of nitrogens with zero attached hydrogens (tertiary/aromatic N) is 2. The van der Waals surface area contributed by atoms with Gasteiger partial charge in [-0.1, -0.05) is 6.07 Å². The monoisotopic (exact) mass is 308 g/mol. The highest BCUT2D eigenvalue weighted by atomic mass is 16.5. The molecule has 2 N–H and O–H groups in total. The van der Waals surface area contributed by atoms with Gasteiger partial charge < -0.3 is 14.9 Å². The van der Waals surface area contributed by atoms with Crippen LogP contribution in [0.15, 0.2) is 18.2 Å². The third-order valence-electron chi connectivity index (χ3n) is 4.39. The molecule has 1 fully saturated rings. The van der Waals surface area contributed by atoms with Crippen molar-refractivity contribution in [1.82, 2.24) is 9.80 Å². The second-order valence-corrected chi connectivity index (χ2v) is 6.24. The standard InChI is InChI=1S/C17H28N2O3/c1-13(2)19-8-7-18(12-15(19)6-9-20)11-14-4-5-17(22-3)16(21)10-14/h4-5,10,13,15,20-21H,6-9,11-12H2,1-3H3. The molecular weight excluding hydrogens is 280 g/mol. The molecule has 1 unspecified atom stereocenters. The van der Waals surface area contributed by atoms with Crippen LogP contribution in [-0.2, 0) is 6.54 Å². The van der Waals surface area contributed by atoms with Crippen molar-refractivity contribution in [2.45, 2.75) is 38.9 Å². The molecule has 1 heterocycles. The molecule has 1 aliphatic rings. The molecule has 1 aromatic carbocycles. The number of aromatic hydroxyl groups is 1. The Labute approximate surface area is 133 Å². The Morgan fingerprint density at radius 3 is 2.68 bits per heavy atom. The molecule has 0 spiro atoms. The molecule has 0 aliphatic carbocycles. The maximum atomic E-state index is 9.89. The summed E-state index contributed by atoms with van der Waals surface area (Å²) < 4.78 is 5.08. The molecule has 1 atom stereocenters. The Hall–Kier alpha value is -1.30. The molecular formula is C17H28N2O3. The van der Waals surface area contributed by atoms with E-state index in [2.05, 4.69) is 23.6 Å². The van der Waals surface area contributed by atoms with Gasteiger partial charge in [-0.3, -0.25) is 9.80 Å². The van der Waals surface area contributed by atoms with Gasteiger partial charge in [0.25, 0.3) is 0 Å². The van der Waals surface area contributed by atoms with E-state index in [4.69, 9.17) is 4.74 Å². The van der Waals surface area contributed by atoms with Crippen molar-refractivity contribution < 1.29 is 14.9 Å². The molecule has 0 bridgehead atoms. The van der Waals surface area contributed by atoms with E-state index in [1.165, 1.54) is 0 Å². The predicted octanol–water partition coefficient (Wildman–Crippen LogP) is 1.68. The number of ether oxygens (including phenoxy) is 1. The van der Waals surface area contributed by atoms with Gasteiger partial charge >= 0.3 is 0 Å². The molecule has 0 aromatic heterocycles. The van der Waals surface area contributed by atoms with Crippen LogP contribution in [0.1, 0.15) is 25.8 Å². The predicted molar refractivity (Wildman–Crippen MR) is 87.3 cm³/mol. The van der Waals surface area contributed by atoms with E-state index >= 15 is 0 Å². The summed E-state index contributed by atoms with van der Waals surface area (Å²) in [7, 11) is 1.55. The number of aliphatic hydroxyl groups is 1. The fourth-order valence-electron chi connectivity index (χ4n) is 3.26. The largest absolute Gasteiger partial charge is 0.504 e. The van der Waals surface area contributed by atoms with Crippen molar-refractivity contribution >= 4 is 0 Å². The maximum absolute atomic E-state index is 9.89. The quantitative estimate of drug-likeness (QED) is 0.837. The molecule has 22 heavy (non-hydrogen) atoms. The highest BCUT2D eigenvalue weighted by Crippen LogP contribution is 2.27. The summed E-state index contributed by atoms with van der Waals surface area (Å²) in [4.78, 5) is 4.86. The van der Waals surface area contributed by atoms with Gasteiger partial charge in [-0.05, 0) is 38.0 Å². The number of hydrogen-bond acceptors (Lipinski definition) is 5. The lowest BCUT2D eigenvalue weighted by molar-refractivity contribution is 0.0349. The Kier molecular flexibility index (Phi) is 6.06. The molecule has 5 heteroatoms. The van der Waals surface area contributed by atoms with Gasteiger partial charge in [0, 0.05) is 44.9 Å². The van der Waals surface area contributed by atoms with Crippen LogP contribution in [0, 0.1) is 0 Å². The minimum Gasteiger partial charge on any atom is -0.504 e. The van der Waals surface area contributed by atoms with Crippen LogP contribution in [-0.4, -0.2) is 65.4 Å². The summed E-state index contributed by atoms with van der Waals surface area (Å²) in [6.45, 7) is 8.43. The summed E-state index contributed by atoms with van der Waals surface area (Å²) >= 11 is 0. The molecule has 1 aliphatic heterocycles. The van der Waals surface area contributed by atoms with Crippen LogP contribution >= 0.6 is 0 Å². The van der Waals surface area contributed by atoms with Crippen LogP contribution < -0.4 is 4.74 Å². The first kappa shape index (κ1) is 17.1. The van der Waals surface area contributed by atoms with Crippen LogP contribution in [0.4, 0.5) is 0 Å². The third kappa shape index (κ3) is 4.12. The lowest BCUT2D eigenvalue weighted by atomic mass is 10.1. The molecule has 0 radical (unpaired) electrons. The maximum Gasteiger partial charge on any atom is 0.160 e. The van der Waals surface area contributed by atoms with Crippen molar-refractivity contribution in [3.8, 4) is 11.5 Å². The molecule has 0 amide bonds. The minimum atomic E-state index is 0.188. The molecule has 1 saturated heterocycles. The van der Waals surface area contributed by atoms with Gasteiger partial charge in [-0.25, -0.2) is 0 Å². The molecule has 5 nitrogen and oxygen atoms in total. The van der Waals surface area contributed by atoms with Crippen molar-refractivity contribution in [1.29, 1.82) is 0 Å². The van der Waals surface area contributed by atoms with Crippen LogP contribution in [0.2, 0.25) is 0 Å². The second-order valence-electron chi connectivity index (χ2n) is 6.24. The summed E-state index contributed by atoms with van der Waals surface area (Å²) in [5.41, 5.74) is 1.08. The number of phenolic OH excluding ortho intramolecular Hbond substituents is 1. The Balaban J connectivity index is 2.00. The fraction of sp³-hybridized carbons (Fsp3) is 0.647. The minimum absolute atomic E-state index is 0.188. The average molecular weight is 308 g/mol. The number of piperazine rings is 1. The SMILES string of the molecule is COc1ccc(CN2CCN(C(C)C)C(CCO)C2)cc1O. The second kappa shape index (κ2) is 7.81. The Bertz CT molecular complexity index is 479. The Morgan fingerprint density at radius 1 is 1.32 bits per heavy atom. The van der Waals surface area contributed by atoms with E-state index in [0.29, 0.717) is 17.8 Å². The first-order valence-corrected chi connectivity index (χ1v) is 8.00. The first-order valence-electron chi connectivity index (χ1n) is 8.00. The van der Waals surface area contributed by atoms with Crippen LogP contribution in [0.3, 0.4) is 0 Å². The van der Waals surface area contributed by atoms with Crippen LogP contribution in [0.5, 0.6) is 11.5 Å².